The molecule has 4 heteroatoms. The van der Waals surface area contributed by atoms with Gasteiger partial charge in [0.1, 0.15) is 0 Å². The molecule has 2 aromatic rings. The van der Waals surface area contributed by atoms with Crippen molar-refractivity contribution in [1.29, 1.82) is 5.26 Å². The molecule has 0 heterocycles. The molecule has 2 N–H and O–H groups in total. The van der Waals surface area contributed by atoms with Crippen molar-refractivity contribution >= 4 is 17.3 Å². The fourth-order valence-corrected chi connectivity index (χ4v) is 2.41. The van der Waals surface area contributed by atoms with E-state index in [9.17, 15) is 0 Å². The summed E-state index contributed by atoms with van der Waals surface area (Å²) in [6.07, 6.45) is 0. The van der Waals surface area contributed by atoms with Crippen LogP contribution in [0.25, 0.3) is 0 Å². The van der Waals surface area contributed by atoms with Gasteiger partial charge in [-0.3, -0.25) is 0 Å². The lowest BCUT2D eigenvalue weighted by Gasteiger charge is -2.29. The molecule has 0 spiro atoms. The maximum atomic E-state index is 8.98. The smallest absolute Gasteiger partial charge is 0.0992 e. The predicted molar refractivity (Wildman–Crippen MR) is 82.8 cm³/mol. The van der Waals surface area contributed by atoms with Gasteiger partial charge in [0.2, 0.25) is 0 Å². The molecule has 0 saturated carbocycles. The molecule has 0 saturated heterocycles. The predicted octanol–water partition coefficient (Wildman–Crippen LogP) is 3.35. The average molecular weight is 286 g/mol. The third kappa shape index (κ3) is 3.11. The minimum absolute atomic E-state index is 0.0163. The van der Waals surface area contributed by atoms with Gasteiger partial charge in [-0.15, -0.1) is 0 Å². The molecule has 0 fully saturated rings. The fraction of sp³-hybridized carbons (Fsp3) is 0.188. The minimum atomic E-state index is 0.0163. The Kier molecular flexibility index (Phi) is 4.62. The number of hydrogen-bond donors (Lipinski definition) is 1. The van der Waals surface area contributed by atoms with Crippen molar-refractivity contribution in [3.63, 3.8) is 0 Å². The van der Waals surface area contributed by atoms with E-state index in [1.165, 1.54) is 0 Å². The van der Waals surface area contributed by atoms with Gasteiger partial charge < -0.3 is 10.6 Å². The highest BCUT2D eigenvalue weighted by molar-refractivity contribution is 6.30. The summed E-state index contributed by atoms with van der Waals surface area (Å²) >= 11 is 6.04. The molecule has 0 aliphatic carbocycles. The molecule has 20 heavy (non-hydrogen) atoms. The number of halogens is 1. The highest BCUT2D eigenvalue weighted by atomic mass is 35.5. The zero-order chi connectivity index (χ0) is 14.5. The van der Waals surface area contributed by atoms with Crippen molar-refractivity contribution < 1.29 is 0 Å². The van der Waals surface area contributed by atoms with Gasteiger partial charge in [0.15, 0.2) is 0 Å². The van der Waals surface area contributed by atoms with Crippen LogP contribution in [0.4, 0.5) is 5.69 Å². The van der Waals surface area contributed by atoms with Crippen molar-refractivity contribution in [3.8, 4) is 6.07 Å². The molecule has 102 valence electrons. The summed E-state index contributed by atoms with van der Waals surface area (Å²) in [5.74, 6) is 0. The maximum Gasteiger partial charge on any atom is 0.0992 e. The van der Waals surface area contributed by atoms with E-state index in [4.69, 9.17) is 22.6 Å². The third-order valence-corrected chi connectivity index (χ3v) is 3.54. The molecule has 0 radical (unpaired) electrons. The first kappa shape index (κ1) is 14.4. The van der Waals surface area contributed by atoms with E-state index < -0.39 is 0 Å². The lowest BCUT2D eigenvalue weighted by atomic mass is 10.0. The number of nitrogens with two attached hydrogens (primary N) is 1. The van der Waals surface area contributed by atoms with Gasteiger partial charge in [-0.2, -0.15) is 5.26 Å². The fourth-order valence-electron chi connectivity index (χ4n) is 2.21. The Morgan fingerprint density at radius 3 is 2.65 bits per heavy atom. The second-order valence-corrected chi connectivity index (χ2v) is 5.02. The Bertz CT molecular complexity index is 634. The van der Waals surface area contributed by atoms with Crippen LogP contribution in [0.2, 0.25) is 5.02 Å². The Balaban J connectivity index is 2.33. The van der Waals surface area contributed by atoms with Gasteiger partial charge >= 0.3 is 0 Å². The lowest BCUT2D eigenvalue weighted by molar-refractivity contribution is 0.681. The molecular formula is C16H16ClN3. The summed E-state index contributed by atoms with van der Waals surface area (Å²) in [7, 11) is 1.97. The Labute approximate surface area is 124 Å². The standard InChI is InChI=1S/C16H16ClN3/c1-20(15-7-2-4-12(8-15)10-18)16(11-19)13-5-3-6-14(17)9-13/h2-9,16H,11,19H2,1H3. The number of likely N-dealkylation sites (N-methyl/N-ethyl adjacent to an activating group) is 1. The summed E-state index contributed by atoms with van der Waals surface area (Å²) in [4.78, 5) is 2.06. The van der Waals surface area contributed by atoms with E-state index in [0.29, 0.717) is 17.1 Å². The minimum Gasteiger partial charge on any atom is -0.366 e. The molecular weight excluding hydrogens is 270 g/mol. The van der Waals surface area contributed by atoms with Gasteiger partial charge in [0, 0.05) is 24.3 Å². The molecule has 0 aliphatic rings. The van der Waals surface area contributed by atoms with E-state index in [2.05, 4.69) is 11.0 Å². The first-order valence-corrected chi connectivity index (χ1v) is 6.72. The summed E-state index contributed by atoms with van der Waals surface area (Å²) in [5, 5.41) is 9.68. The number of nitriles is 1. The average Bonchev–Trinajstić information content (AvgIpc) is 2.48. The largest absolute Gasteiger partial charge is 0.366 e. The van der Waals surface area contributed by atoms with Crippen molar-refractivity contribution in [3.05, 3.63) is 64.7 Å². The highest BCUT2D eigenvalue weighted by Gasteiger charge is 2.16. The molecule has 3 nitrogen and oxygen atoms in total. The van der Waals surface area contributed by atoms with Crippen LogP contribution in [0.5, 0.6) is 0 Å². The van der Waals surface area contributed by atoms with Crippen LogP contribution in [0.1, 0.15) is 17.2 Å². The van der Waals surface area contributed by atoms with Crippen molar-refractivity contribution in [1.82, 2.24) is 0 Å². The third-order valence-electron chi connectivity index (χ3n) is 3.31. The topological polar surface area (TPSA) is 53.0 Å². The number of benzene rings is 2. The molecule has 2 aromatic carbocycles. The first-order valence-electron chi connectivity index (χ1n) is 6.34. The molecule has 1 atom stereocenters. The molecule has 0 amide bonds. The van der Waals surface area contributed by atoms with Crippen LogP contribution >= 0.6 is 11.6 Å². The molecule has 0 aliphatic heterocycles. The highest BCUT2D eigenvalue weighted by Crippen LogP contribution is 2.27. The van der Waals surface area contributed by atoms with Gasteiger partial charge in [-0.05, 0) is 35.9 Å². The van der Waals surface area contributed by atoms with E-state index in [0.717, 1.165) is 11.3 Å². The number of rotatable bonds is 4. The van der Waals surface area contributed by atoms with Crippen molar-refractivity contribution in [2.75, 3.05) is 18.5 Å². The van der Waals surface area contributed by atoms with Gasteiger partial charge in [-0.1, -0.05) is 29.8 Å². The van der Waals surface area contributed by atoms with Crippen LogP contribution in [-0.4, -0.2) is 13.6 Å². The lowest BCUT2D eigenvalue weighted by Crippen LogP contribution is -2.30. The van der Waals surface area contributed by atoms with E-state index in [1.807, 2.05) is 49.5 Å². The number of nitrogens with zero attached hydrogens (tertiary/aromatic N) is 2. The number of anilines is 1. The van der Waals surface area contributed by atoms with Gasteiger partial charge in [-0.25, -0.2) is 0 Å². The van der Waals surface area contributed by atoms with Crippen LogP contribution in [0, 0.1) is 11.3 Å². The Morgan fingerprint density at radius 2 is 2.00 bits per heavy atom. The van der Waals surface area contributed by atoms with Gasteiger partial charge in [0.05, 0.1) is 17.7 Å². The molecule has 0 bridgehead atoms. The number of hydrogen-bond acceptors (Lipinski definition) is 3. The summed E-state index contributed by atoms with van der Waals surface area (Å²) < 4.78 is 0. The quantitative estimate of drug-likeness (QED) is 0.937. The van der Waals surface area contributed by atoms with Crippen molar-refractivity contribution in [2.24, 2.45) is 5.73 Å². The van der Waals surface area contributed by atoms with Crippen LogP contribution < -0.4 is 10.6 Å². The van der Waals surface area contributed by atoms with Crippen LogP contribution in [-0.2, 0) is 0 Å². The van der Waals surface area contributed by atoms with E-state index in [-0.39, 0.29) is 6.04 Å². The van der Waals surface area contributed by atoms with E-state index in [1.54, 1.807) is 6.07 Å². The summed E-state index contributed by atoms with van der Waals surface area (Å²) in [6, 6.07) is 17.3. The van der Waals surface area contributed by atoms with E-state index >= 15 is 0 Å². The second kappa shape index (κ2) is 6.42. The SMILES string of the molecule is CN(c1cccc(C#N)c1)C(CN)c1cccc(Cl)c1. The zero-order valence-electron chi connectivity index (χ0n) is 11.3. The summed E-state index contributed by atoms with van der Waals surface area (Å²) in [5.41, 5.74) is 8.57. The van der Waals surface area contributed by atoms with Crippen molar-refractivity contribution in [2.45, 2.75) is 6.04 Å². The first-order chi connectivity index (χ1) is 9.65. The Hall–Kier alpha value is -2.02. The van der Waals surface area contributed by atoms with Crippen LogP contribution in [0.3, 0.4) is 0 Å². The normalized spacial score (nSPS) is 11.7. The maximum absolute atomic E-state index is 8.98. The van der Waals surface area contributed by atoms with Crippen LogP contribution in [0.15, 0.2) is 48.5 Å². The zero-order valence-corrected chi connectivity index (χ0v) is 12.0. The summed E-state index contributed by atoms with van der Waals surface area (Å²) in [6.45, 7) is 0.466. The Morgan fingerprint density at radius 1 is 1.25 bits per heavy atom. The second-order valence-electron chi connectivity index (χ2n) is 4.58. The molecule has 2 rings (SSSR count). The monoisotopic (exact) mass is 285 g/mol. The molecule has 0 aromatic heterocycles. The van der Waals surface area contributed by atoms with Gasteiger partial charge in [0.25, 0.3) is 0 Å². The molecule has 1 unspecified atom stereocenters.